The molecule has 1 aromatic carbocycles. The molecule has 0 saturated carbocycles. The van der Waals surface area contributed by atoms with Crippen molar-refractivity contribution in [3.8, 4) is 11.8 Å². The predicted molar refractivity (Wildman–Crippen MR) is 77.3 cm³/mol. The minimum Gasteiger partial charge on any atom is -0.494 e. The van der Waals surface area contributed by atoms with Gasteiger partial charge in [0.25, 0.3) is 0 Å². The minimum absolute atomic E-state index is 0.240. The summed E-state index contributed by atoms with van der Waals surface area (Å²) in [4.78, 5) is 2.33. The van der Waals surface area contributed by atoms with Crippen LogP contribution >= 0.6 is 0 Å². The molecule has 0 radical (unpaired) electrons. The molecule has 4 nitrogen and oxygen atoms in total. The monoisotopic (exact) mass is 274 g/mol. The first-order valence-corrected chi connectivity index (χ1v) is 7.27. The standard InChI is InChI=1S/C16H22N2O2/c17-8-1-2-10-20-16-7-3-5-14(11-16)12-18-9-4-6-15(18)13-19/h3,5,7,11,15,19H,1-2,4,6,9-10,12-13H2/t15-/m1/s1. The van der Waals surface area contributed by atoms with E-state index in [2.05, 4.69) is 23.1 Å². The molecule has 1 heterocycles. The zero-order valence-electron chi connectivity index (χ0n) is 11.8. The van der Waals surface area contributed by atoms with Crippen LogP contribution in [-0.2, 0) is 6.54 Å². The number of likely N-dealkylation sites (tertiary alicyclic amines) is 1. The first kappa shape index (κ1) is 14.8. The number of aliphatic hydroxyl groups is 1. The van der Waals surface area contributed by atoms with E-state index >= 15 is 0 Å². The van der Waals surface area contributed by atoms with Gasteiger partial charge in [0.1, 0.15) is 5.75 Å². The molecule has 1 aliphatic heterocycles. The molecule has 2 rings (SSSR count). The topological polar surface area (TPSA) is 56.5 Å². The second kappa shape index (κ2) is 7.88. The van der Waals surface area contributed by atoms with Gasteiger partial charge in [-0.25, -0.2) is 0 Å². The Balaban J connectivity index is 1.87. The largest absolute Gasteiger partial charge is 0.494 e. The molecule has 1 aromatic rings. The van der Waals surface area contributed by atoms with Crippen molar-refractivity contribution in [3.05, 3.63) is 29.8 Å². The Labute approximate surface area is 120 Å². The fourth-order valence-corrected chi connectivity index (χ4v) is 2.62. The van der Waals surface area contributed by atoms with Gasteiger partial charge in [-0.15, -0.1) is 0 Å². The van der Waals surface area contributed by atoms with E-state index in [1.54, 1.807) is 0 Å². The predicted octanol–water partition coefficient (Wildman–Crippen LogP) is 2.33. The van der Waals surface area contributed by atoms with E-state index < -0.39 is 0 Å². The van der Waals surface area contributed by atoms with Crippen molar-refractivity contribution < 1.29 is 9.84 Å². The lowest BCUT2D eigenvalue weighted by atomic mass is 10.2. The highest BCUT2D eigenvalue weighted by Crippen LogP contribution is 2.21. The Bertz CT molecular complexity index is 456. The highest BCUT2D eigenvalue weighted by Gasteiger charge is 2.23. The van der Waals surface area contributed by atoms with Gasteiger partial charge in [0.05, 0.1) is 19.3 Å². The fourth-order valence-electron chi connectivity index (χ4n) is 2.62. The lowest BCUT2D eigenvalue weighted by molar-refractivity contribution is 0.153. The van der Waals surface area contributed by atoms with Gasteiger partial charge < -0.3 is 9.84 Å². The van der Waals surface area contributed by atoms with Crippen LogP contribution in [0.5, 0.6) is 5.75 Å². The van der Waals surface area contributed by atoms with Gasteiger partial charge in [-0.2, -0.15) is 5.26 Å². The van der Waals surface area contributed by atoms with Crippen molar-refractivity contribution in [3.63, 3.8) is 0 Å². The fraction of sp³-hybridized carbons (Fsp3) is 0.562. The van der Waals surface area contributed by atoms with Crippen LogP contribution in [0.4, 0.5) is 0 Å². The van der Waals surface area contributed by atoms with Gasteiger partial charge >= 0.3 is 0 Å². The van der Waals surface area contributed by atoms with Crippen molar-refractivity contribution in [1.29, 1.82) is 5.26 Å². The van der Waals surface area contributed by atoms with Crippen molar-refractivity contribution in [2.24, 2.45) is 0 Å². The molecule has 0 amide bonds. The molecule has 4 heteroatoms. The van der Waals surface area contributed by atoms with Gasteiger partial charge in [-0.1, -0.05) is 12.1 Å². The van der Waals surface area contributed by atoms with Crippen molar-refractivity contribution in [2.75, 3.05) is 19.8 Å². The summed E-state index contributed by atoms with van der Waals surface area (Å²) in [5, 5.41) is 17.8. The number of unbranched alkanes of at least 4 members (excludes halogenated alkanes) is 1. The Morgan fingerprint density at radius 3 is 3.15 bits per heavy atom. The maximum atomic E-state index is 9.34. The van der Waals surface area contributed by atoms with Gasteiger partial charge in [0.15, 0.2) is 0 Å². The number of benzene rings is 1. The number of nitrogens with zero attached hydrogens (tertiary/aromatic N) is 2. The lowest BCUT2D eigenvalue weighted by Crippen LogP contribution is -2.31. The Kier molecular flexibility index (Phi) is 5.85. The molecule has 0 aromatic heterocycles. The maximum Gasteiger partial charge on any atom is 0.119 e. The molecule has 0 bridgehead atoms. The summed E-state index contributed by atoms with van der Waals surface area (Å²) < 4.78 is 5.65. The number of nitriles is 1. The van der Waals surface area contributed by atoms with E-state index in [9.17, 15) is 5.11 Å². The van der Waals surface area contributed by atoms with Gasteiger partial charge in [0.2, 0.25) is 0 Å². The van der Waals surface area contributed by atoms with Crippen LogP contribution in [0.3, 0.4) is 0 Å². The van der Waals surface area contributed by atoms with Crippen LogP contribution in [0.1, 0.15) is 31.2 Å². The molecule has 1 saturated heterocycles. The molecular weight excluding hydrogens is 252 g/mol. The van der Waals surface area contributed by atoms with Crippen LogP contribution in [0, 0.1) is 11.3 Å². The number of ether oxygens (including phenoxy) is 1. The van der Waals surface area contributed by atoms with Gasteiger partial charge in [-0.3, -0.25) is 4.90 Å². The third-order valence-corrected chi connectivity index (χ3v) is 3.70. The first-order chi connectivity index (χ1) is 9.83. The Morgan fingerprint density at radius 2 is 2.35 bits per heavy atom. The highest BCUT2D eigenvalue weighted by molar-refractivity contribution is 5.28. The SMILES string of the molecule is N#CCCCOc1cccc(CN2CCC[C@@H]2CO)c1. The number of hydrogen-bond donors (Lipinski definition) is 1. The quantitative estimate of drug-likeness (QED) is 0.775. The normalized spacial score (nSPS) is 18.9. The number of rotatable bonds is 7. The Hall–Kier alpha value is -1.57. The molecule has 1 N–H and O–H groups in total. The smallest absolute Gasteiger partial charge is 0.119 e. The molecular formula is C16H22N2O2. The summed E-state index contributed by atoms with van der Waals surface area (Å²) in [6.07, 6.45) is 3.54. The Morgan fingerprint density at radius 1 is 1.45 bits per heavy atom. The molecule has 20 heavy (non-hydrogen) atoms. The minimum atomic E-state index is 0.240. The molecule has 1 aliphatic rings. The average Bonchev–Trinajstić information content (AvgIpc) is 2.91. The maximum absolute atomic E-state index is 9.34. The molecule has 1 fully saturated rings. The summed E-state index contributed by atoms with van der Waals surface area (Å²) >= 11 is 0. The summed E-state index contributed by atoms with van der Waals surface area (Å²) in [6.45, 7) is 2.74. The zero-order chi connectivity index (χ0) is 14.2. The zero-order valence-corrected chi connectivity index (χ0v) is 11.8. The van der Waals surface area contributed by atoms with Crippen LogP contribution in [-0.4, -0.2) is 35.8 Å². The molecule has 0 aliphatic carbocycles. The average molecular weight is 274 g/mol. The van der Waals surface area contributed by atoms with Crippen molar-refractivity contribution in [1.82, 2.24) is 4.90 Å². The van der Waals surface area contributed by atoms with Crippen LogP contribution in [0.2, 0.25) is 0 Å². The van der Waals surface area contributed by atoms with Crippen molar-refractivity contribution in [2.45, 2.75) is 38.3 Å². The van der Waals surface area contributed by atoms with E-state index in [1.807, 2.05) is 12.1 Å². The van der Waals surface area contributed by atoms with Gasteiger partial charge in [-0.05, 0) is 43.5 Å². The molecule has 108 valence electrons. The molecule has 0 spiro atoms. The third kappa shape index (κ3) is 4.22. The van der Waals surface area contributed by atoms with E-state index in [4.69, 9.17) is 10.00 Å². The van der Waals surface area contributed by atoms with Crippen LogP contribution < -0.4 is 4.74 Å². The molecule has 0 unspecified atom stereocenters. The highest BCUT2D eigenvalue weighted by atomic mass is 16.5. The summed E-state index contributed by atoms with van der Waals surface area (Å²) in [5.41, 5.74) is 1.21. The second-order valence-corrected chi connectivity index (χ2v) is 5.21. The number of aliphatic hydroxyl groups excluding tert-OH is 1. The molecule has 1 atom stereocenters. The van der Waals surface area contributed by atoms with Crippen LogP contribution in [0.15, 0.2) is 24.3 Å². The van der Waals surface area contributed by atoms with E-state index in [0.717, 1.165) is 38.1 Å². The third-order valence-electron chi connectivity index (χ3n) is 3.70. The van der Waals surface area contributed by atoms with Gasteiger partial charge in [0, 0.05) is 19.0 Å². The first-order valence-electron chi connectivity index (χ1n) is 7.27. The summed E-state index contributed by atoms with van der Waals surface area (Å²) in [5.74, 6) is 0.861. The van der Waals surface area contributed by atoms with E-state index in [-0.39, 0.29) is 6.61 Å². The van der Waals surface area contributed by atoms with E-state index in [1.165, 1.54) is 5.56 Å². The number of hydrogen-bond acceptors (Lipinski definition) is 4. The summed E-state index contributed by atoms with van der Waals surface area (Å²) in [7, 11) is 0. The lowest BCUT2D eigenvalue weighted by Gasteiger charge is -2.22. The summed E-state index contributed by atoms with van der Waals surface area (Å²) in [6, 6.07) is 10.5. The van der Waals surface area contributed by atoms with Crippen molar-refractivity contribution >= 4 is 0 Å². The van der Waals surface area contributed by atoms with Crippen LogP contribution in [0.25, 0.3) is 0 Å². The second-order valence-electron chi connectivity index (χ2n) is 5.21. The van der Waals surface area contributed by atoms with E-state index in [0.29, 0.717) is 19.1 Å².